The van der Waals surface area contributed by atoms with Crippen LogP contribution in [0.25, 0.3) is 11.3 Å². The molecule has 0 saturated heterocycles. The highest BCUT2D eigenvalue weighted by molar-refractivity contribution is 7.14. The van der Waals surface area contributed by atoms with Gasteiger partial charge in [0.25, 0.3) is 5.91 Å². The normalized spacial score (nSPS) is 10.6. The van der Waals surface area contributed by atoms with Gasteiger partial charge in [-0.2, -0.15) is 0 Å². The summed E-state index contributed by atoms with van der Waals surface area (Å²) in [4.78, 5) is 31.0. The molecule has 4 rings (SSSR count). The van der Waals surface area contributed by atoms with Crippen LogP contribution in [-0.4, -0.2) is 23.5 Å². The molecule has 0 spiro atoms. The maximum atomic E-state index is 13.2. The minimum absolute atomic E-state index is 0.232. The number of rotatable bonds is 7. The van der Waals surface area contributed by atoms with Crippen molar-refractivity contribution in [1.29, 1.82) is 0 Å². The Kier molecular flexibility index (Phi) is 6.18. The molecule has 0 saturated carbocycles. The lowest BCUT2D eigenvalue weighted by Gasteiger charge is -2.20. The van der Waals surface area contributed by atoms with Crippen LogP contribution in [0.15, 0.2) is 83.0 Å². The second kappa shape index (κ2) is 9.36. The minimum atomic E-state index is -0.645. The summed E-state index contributed by atoms with van der Waals surface area (Å²) in [6.07, 6.45) is 2.61. The van der Waals surface area contributed by atoms with Crippen LogP contribution in [0.2, 0.25) is 0 Å². The lowest BCUT2D eigenvalue weighted by Crippen LogP contribution is -2.34. The number of halogens is 1. The third-order valence-electron chi connectivity index (χ3n) is 4.43. The van der Waals surface area contributed by atoms with Crippen molar-refractivity contribution in [2.75, 3.05) is 11.5 Å². The van der Waals surface area contributed by atoms with Crippen molar-refractivity contribution in [3.8, 4) is 11.3 Å². The van der Waals surface area contributed by atoms with Gasteiger partial charge in [-0.1, -0.05) is 30.3 Å². The van der Waals surface area contributed by atoms with Gasteiger partial charge in [-0.3, -0.25) is 9.69 Å². The molecule has 0 unspecified atom stereocenters. The van der Waals surface area contributed by atoms with Crippen LogP contribution < -0.4 is 4.90 Å². The van der Waals surface area contributed by atoms with E-state index in [2.05, 4.69) is 4.98 Å². The van der Waals surface area contributed by atoms with Gasteiger partial charge in [-0.05, 0) is 35.9 Å². The molecule has 31 heavy (non-hydrogen) atoms. The van der Waals surface area contributed by atoms with E-state index in [0.29, 0.717) is 10.8 Å². The highest BCUT2D eigenvalue weighted by Gasteiger charge is 2.22. The number of hydrogen-bond acceptors (Lipinski definition) is 6. The molecule has 0 radical (unpaired) electrons. The first-order chi connectivity index (χ1) is 15.1. The number of nitrogens with zero attached hydrogens (tertiary/aromatic N) is 2. The molecule has 0 N–H and O–H groups in total. The van der Waals surface area contributed by atoms with E-state index in [1.54, 1.807) is 17.5 Å². The molecule has 2 heterocycles. The third kappa shape index (κ3) is 5.04. The summed E-state index contributed by atoms with van der Waals surface area (Å²) in [5, 5.41) is 2.25. The largest absolute Gasteiger partial charge is 0.472 e. The van der Waals surface area contributed by atoms with E-state index in [0.717, 1.165) is 11.1 Å². The third-order valence-corrected chi connectivity index (χ3v) is 5.29. The fraction of sp³-hybridized carbons (Fsp3) is 0.0870. The number of amides is 1. The molecular weight excluding hydrogens is 419 g/mol. The fourth-order valence-electron chi connectivity index (χ4n) is 2.84. The standard InChI is InChI=1S/C23H17FN2O4S/c24-19-8-6-17(7-9-19)20-15-31-23(25-20)26(12-16-4-2-1-3-5-16)21(27)14-30-22(28)18-10-11-29-13-18/h1-11,13,15H,12,14H2. The maximum Gasteiger partial charge on any atom is 0.341 e. The van der Waals surface area contributed by atoms with Crippen LogP contribution in [0, 0.1) is 5.82 Å². The van der Waals surface area contributed by atoms with Crippen LogP contribution in [0.4, 0.5) is 9.52 Å². The number of carbonyl (C=O) groups is 2. The van der Waals surface area contributed by atoms with Crippen molar-refractivity contribution in [2.24, 2.45) is 0 Å². The summed E-state index contributed by atoms with van der Waals surface area (Å²) in [7, 11) is 0. The monoisotopic (exact) mass is 436 g/mol. The molecule has 0 aliphatic carbocycles. The summed E-state index contributed by atoms with van der Waals surface area (Å²) in [6, 6.07) is 16.9. The van der Waals surface area contributed by atoms with Gasteiger partial charge in [0.05, 0.1) is 24.1 Å². The molecule has 1 amide bonds. The lowest BCUT2D eigenvalue weighted by molar-refractivity contribution is -0.121. The van der Waals surface area contributed by atoms with Crippen molar-refractivity contribution in [1.82, 2.24) is 4.98 Å². The maximum absolute atomic E-state index is 13.2. The Hall–Kier alpha value is -3.78. The summed E-state index contributed by atoms with van der Waals surface area (Å²) in [6.45, 7) is -0.179. The fourth-order valence-corrected chi connectivity index (χ4v) is 3.69. The Bertz CT molecular complexity index is 1160. The Labute approximate surface area is 181 Å². The first kappa shape index (κ1) is 20.5. The number of ether oxygens (including phenoxy) is 1. The number of furan rings is 1. The van der Waals surface area contributed by atoms with Crippen molar-refractivity contribution >= 4 is 28.3 Å². The second-order valence-corrected chi connectivity index (χ2v) is 7.41. The zero-order chi connectivity index (χ0) is 21.6. The second-order valence-electron chi connectivity index (χ2n) is 6.58. The molecule has 0 atom stereocenters. The topological polar surface area (TPSA) is 72.6 Å². The lowest BCUT2D eigenvalue weighted by atomic mass is 10.2. The molecule has 4 aromatic rings. The molecule has 0 aliphatic heterocycles. The summed E-state index contributed by atoms with van der Waals surface area (Å²) in [5.41, 5.74) is 2.49. The van der Waals surface area contributed by atoms with E-state index in [-0.39, 0.29) is 17.9 Å². The highest BCUT2D eigenvalue weighted by Crippen LogP contribution is 2.29. The van der Waals surface area contributed by atoms with Crippen LogP contribution in [-0.2, 0) is 16.1 Å². The van der Waals surface area contributed by atoms with Gasteiger partial charge in [0.2, 0.25) is 0 Å². The Morgan fingerprint density at radius 2 is 1.84 bits per heavy atom. The van der Waals surface area contributed by atoms with Gasteiger partial charge in [0.15, 0.2) is 11.7 Å². The molecule has 0 fully saturated rings. The van der Waals surface area contributed by atoms with E-state index < -0.39 is 18.5 Å². The van der Waals surface area contributed by atoms with Crippen molar-refractivity contribution in [3.63, 3.8) is 0 Å². The predicted octanol–water partition coefficient (Wildman–Crippen LogP) is 4.93. The van der Waals surface area contributed by atoms with Crippen molar-refractivity contribution in [2.45, 2.75) is 6.54 Å². The first-order valence-corrected chi connectivity index (χ1v) is 10.2. The number of esters is 1. The molecule has 2 aromatic carbocycles. The molecule has 2 aromatic heterocycles. The van der Waals surface area contributed by atoms with E-state index >= 15 is 0 Å². The number of thiazole rings is 1. The van der Waals surface area contributed by atoms with E-state index in [4.69, 9.17) is 9.15 Å². The zero-order valence-corrected chi connectivity index (χ0v) is 17.0. The molecular formula is C23H17FN2O4S. The molecule has 6 nitrogen and oxygen atoms in total. The van der Waals surface area contributed by atoms with E-state index in [1.807, 2.05) is 30.3 Å². The summed E-state index contributed by atoms with van der Waals surface area (Å²) in [5.74, 6) is -1.40. The van der Waals surface area contributed by atoms with Crippen LogP contribution >= 0.6 is 11.3 Å². The minimum Gasteiger partial charge on any atom is -0.472 e. The highest BCUT2D eigenvalue weighted by atomic mass is 32.1. The number of anilines is 1. The number of carbonyl (C=O) groups excluding carboxylic acids is 2. The Morgan fingerprint density at radius 3 is 2.55 bits per heavy atom. The van der Waals surface area contributed by atoms with Gasteiger partial charge in [0, 0.05) is 10.9 Å². The summed E-state index contributed by atoms with van der Waals surface area (Å²) >= 11 is 1.28. The van der Waals surface area contributed by atoms with Gasteiger partial charge in [-0.15, -0.1) is 11.3 Å². The van der Waals surface area contributed by atoms with Crippen molar-refractivity contribution < 1.29 is 23.1 Å². The van der Waals surface area contributed by atoms with Gasteiger partial charge >= 0.3 is 5.97 Å². The molecule has 0 bridgehead atoms. The number of benzene rings is 2. The molecule has 0 aliphatic rings. The Morgan fingerprint density at radius 1 is 1.06 bits per heavy atom. The predicted molar refractivity (Wildman–Crippen MR) is 114 cm³/mol. The molecule has 156 valence electrons. The van der Waals surface area contributed by atoms with Crippen LogP contribution in [0.1, 0.15) is 15.9 Å². The number of hydrogen-bond donors (Lipinski definition) is 0. The number of aromatic nitrogens is 1. The van der Waals surface area contributed by atoms with Gasteiger partial charge in [-0.25, -0.2) is 14.2 Å². The zero-order valence-electron chi connectivity index (χ0n) is 16.2. The van der Waals surface area contributed by atoms with Crippen molar-refractivity contribution in [3.05, 3.63) is 95.5 Å². The van der Waals surface area contributed by atoms with Gasteiger partial charge in [0.1, 0.15) is 12.1 Å². The van der Waals surface area contributed by atoms with Gasteiger partial charge < -0.3 is 9.15 Å². The Balaban J connectivity index is 1.54. The average molecular weight is 436 g/mol. The first-order valence-electron chi connectivity index (χ1n) is 9.35. The average Bonchev–Trinajstić information content (AvgIpc) is 3.49. The smallest absolute Gasteiger partial charge is 0.341 e. The summed E-state index contributed by atoms with van der Waals surface area (Å²) < 4.78 is 23.2. The van der Waals surface area contributed by atoms with Crippen LogP contribution in [0.3, 0.4) is 0 Å². The SMILES string of the molecule is O=C(OCC(=O)N(Cc1ccccc1)c1nc(-c2ccc(F)cc2)cs1)c1ccoc1. The van der Waals surface area contributed by atoms with Crippen LogP contribution in [0.5, 0.6) is 0 Å². The quantitative estimate of drug-likeness (QED) is 0.384. The molecule has 8 heteroatoms. The van der Waals surface area contributed by atoms with E-state index in [1.165, 1.54) is 47.0 Å². The van der Waals surface area contributed by atoms with E-state index in [9.17, 15) is 14.0 Å².